The molecule has 3 atom stereocenters. The molecule has 33 heavy (non-hydrogen) atoms. The standard InChI is InChI=1S/C20H24F2N4O5S2/c1-26(33(2,30)31)20-25-16(11-32-20)19(29)24-15(18(28)17(27)5-3-4-6-23)9-12-7-13(21)10-14(22)8-12/h7-8,10-11,15,17-18,27-28H,3-5,9H2,1-2H3,(H,24,29). The number of nitrogens with zero attached hydrogens (tertiary/aromatic N) is 3. The second kappa shape index (κ2) is 11.5. The Hall–Kier alpha value is -2.66. The molecule has 0 aliphatic rings. The van der Waals surface area contributed by atoms with E-state index in [0.717, 1.165) is 34.0 Å². The van der Waals surface area contributed by atoms with Crippen molar-refractivity contribution in [2.24, 2.45) is 0 Å². The molecule has 0 saturated heterocycles. The van der Waals surface area contributed by atoms with Crippen molar-refractivity contribution in [2.75, 3.05) is 17.6 Å². The van der Waals surface area contributed by atoms with Crippen LogP contribution in [0.15, 0.2) is 23.6 Å². The summed E-state index contributed by atoms with van der Waals surface area (Å²) in [6.07, 6.45) is -1.54. The molecule has 0 fully saturated rings. The largest absolute Gasteiger partial charge is 0.390 e. The number of anilines is 1. The number of amides is 1. The fourth-order valence-electron chi connectivity index (χ4n) is 2.97. The van der Waals surface area contributed by atoms with E-state index < -0.39 is 45.8 Å². The number of rotatable bonds is 11. The minimum Gasteiger partial charge on any atom is -0.390 e. The van der Waals surface area contributed by atoms with Crippen LogP contribution >= 0.6 is 11.3 Å². The molecular formula is C20H24F2N4O5S2. The van der Waals surface area contributed by atoms with Gasteiger partial charge in [-0.3, -0.25) is 4.79 Å². The van der Waals surface area contributed by atoms with Crippen LogP contribution in [-0.2, 0) is 16.4 Å². The predicted octanol–water partition coefficient (Wildman–Crippen LogP) is 1.57. The first-order valence-corrected chi connectivity index (χ1v) is 12.5. The number of carbonyl (C=O) groups excluding carboxylic acids is 1. The lowest BCUT2D eigenvalue weighted by Crippen LogP contribution is -2.50. The molecule has 0 saturated carbocycles. The van der Waals surface area contributed by atoms with Crippen LogP contribution in [-0.4, -0.2) is 61.1 Å². The molecule has 9 nitrogen and oxygen atoms in total. The van der Waals surface area contributed by atoms with Gasteiger partial charge in [-0.1, -0.05) is 0 Å². The molecule has 13 heteroatoms. The highest BCUT2D eigenvalue weighted by Gasteiger charge is 2.29. The number of thiazole rings is 1. The number of aromatic nitrogens is 1. The Labute approximate surface area is 194 Å². The van der Waals surface area contributed by atoms with E-state index in [0.29, 0.717) is 12.5 Å². The minimum atomic E-state index is -3.59. The van der Waals surface area contributed by atoms with Gasteiger partial charge in [-0.2, -0.15) is 5.26 Å². The number of benzene rings is 1. The molecule has 2 aromatic rings. The zero-order valence-electron chi connectivity index (χ0n) is 17.9. The summed E-state index contributed by atoms with van der Waals surface area (Å²) < 4.78 is 51.5. The third-order valence-electron chi connectivity index (χ3n) is 4.78. The molecular weight excluding hydrogens is 478 g/mol. The average molecular weight is 503 g/mol. The van der Waals surface area contributed by atoms with Gasteiger partial charge in [0.25, 0.3) is 5.91 Å². The number of sulfonamides is 1. The van der Waals surface area contributed by atoms with Gasteiger partial charge in [0.2, 0.25) is 10.0 Å². The highest BCUT2D eigenvalue weighted by atomic mass is 32.2. The van der Waals surface area contributed by atoms with Gasteiger partial charge in [0, 0.05) is 24.9 Å². The maximum absolute atomic E-state index is 13.6. The van der Waals surface area contributed by atoms with Crippen LogP contribution in [0.3, 0.4) is 0 Å². The topological polar surface area (TPSA) is 144 Å². The number of unbranched alkanes of at least 4 members (excludes halogenated alkanes) is 1. The monoisotopic (exact) mass is 502 g/mol. The number of hydrogen-bond donors (Lipinski definition) is 3. The Kier molecular flexibility index (Phi) is 9.24. The van der Waals surface area contributed by atoms with Crippen molar-refractivity contribution in [1.82, 2.24) is 10.3 Å². The van der Waals surface area contributed by atoms with E-state index in [-0.39, 0.29) is 35.7 Å². The third kappa shape index (κ3) is 7.71. The van der Waals surface area contributed by atoms with Crippen molar-refractivity contribution < 1.29 is 32.2 Å². The molecule has 0 aliphatic carbocycles. The lowest BCUT2D eigenvalue weighted by atomic mass is 9.95. The fourth-order valence-corrected chi connectivity index (χ4v) is 4.50. The summed E-state index contributed by atoms with van der Waals surface area (Å²) in [5.41, 5.74) is 0.00365. The smallest absolute Gasteiger partial charge is 0.271 e. The van der Waals surface area contributed by atoms with E-state index in [1.807, 2.05) is 6.07 Å². The van der Waals surface area contributed by atoms with Gasteiger partial charge in [0.15, 0.2) is 5.13 Å². The molecule has 1 heterocycles. The molecule has 2 rings (SSSR count). The summed E-state index contributed by atoms with van der Waals surface area (Å²) >= 11 is 0.909. The van der Waals surface area contributed by atoms with Crippen LogP contribution in [0.4, 0.5) is 13.9 Å². The molecule has 180 valence electrons. The number of nitrogens with one attached hydrogen (secondary N) is 1. The highest BCUT2D eigenvalue weighted by molar-refractivity contribution is 7.92. The van der Waals surface area contributed by atoms with Crippen molar-refractivity contribution in [2.45, 2.75) is 43.9 Å². The summed E-state index contributed by atoms with van der Waals surface area (Å²) in [6.45, 7) is 0. The van der Waals surface area contributed by atoms with Crippen molar-refractivity contribution >= 4 is 32.4 Å². The molecule has 3 N–H and O–H groups in total. The Morgan fingerprint density at radius 1 is 1.30 bits per heavy atom. The first kappa shape index (κ1) is 26.6. The van der Waals surface area contributed by atoms with Crippen molar-refractivity contribution in [3.8, 4) is 6.07 Å². The molecule has 3 unspecified atom stereocenters. The molecule has 1 aromatic heterocycles. The van der Waals surface area contributed by atoms with Gasteiger partial charge in [0.05, 0.1) is 24.5 Å². The zero-order valence-corrected chi connectivity index (χ0v) is 19.5. The van der Waals surface area contributed by atoms with E-state index in [9.17, 15) is 32.2 Å². The molecule has 1 aromatic carbocycles. The van der Waals surface area contributed by atoms with Crippen molar-refractivity contribution in [3.63, 3.8) is 0 Å². The normalized spacial score (nSPS) is 14.2. The second-order valence-electron chi connectivity index (χ2n) is 7.42. The summed E-state index contributed by atoms with van der Waals surface area (Å²) in [7, 11) is -2.32. The van der Waals surface area contributed by atoms with Crippen LogP contribution in [0, 0.1) is 23.0 Å². The Balaban J connectivity index is 2.24. The maximum Gasteiger partial charge on any atom is 0.271 e. The van der Waals surface area contributed by atoms with E-state index in [1.54, 1.807) is 0 Å². The minimum absolute atomic E-state index is 0.0449. The SMILES string of the molecule is CN(c1nc(C(=O)NC(Cc2cc(F)cc(F)c2)C(O)C(O)CCCC#N)cs1)S(C)(=O)=O. The molecule has 1 amide bonds. The van der Waals surface area contributed by atoms with E-state index >= 15 is 0 Å². The van der Waals surface area contributed by atoms with Gasteiger partial charge in [-0.05, 0) is 37.0 Å². The van der Waals surface area contributed by atoms with Gasteiger partial charge in [-0.25, -0.2) is 26.5 Å². The number of nitriles is 1. The Bertz CT molecular complexity index is 1100. The van der Waals surface area contributed by atoms with Gasteiger partial charge >= 0.3 is 0 Å². The van der Waals surface area contributed by atoms with Gasteiger partial charge < -0.3 is 15.5 Å². The van der Waals surface area contributed by atoms with Crippen LogP contribution in [0.5, 0.6) is 0 Å². The second-order valence-corrected chi connectivity index (χ2v) is 10.3. The van der Waals surface area contributed by atoms with E-state index in [1.165, 1.54) is 12.4 Å². The maximum atomic E-state index is 13.6. The van der Waals surface area contributed by atoms with E-state index in [2.05, 4.69) is 10.3 Å². The van der Waals surface area contributed by atoms with Crippen LogP contribution in [0.2, 0.25) is 0 Å². The Morgan fingerprint density at radius 2 is 1.94 bits per heavy atom. The van der Waals surface area contributed by atoms with Crippen LogP contribution in [0.1, 0.15) is 35.3 Å². The summed E-state index contributed by atoms with van der Waals surface area (Å²) in [6, 6.07) is 3.52. The van der Waals surface area contributed by atoms with Gasteiger partial charge in [-0.15, -0.1) is 11.3 Å². The molecule has 0 radical (unpaired) electrons. The molecule has 0 aliphatic heterocycles. The number of aliphatic hydroxyl groups is 2. The third-order valence-corrected chi connectivity index (χ3v) is 6.98. The molecule has 0 bridgehead atoms. The van der Waals surface area contributed by atoms with Crippen molar-refractivity contribution in [1.29, 1.82) is 5.26 Å². The summed E-state index contributed by atoms with van der Waals surface area (Å²) in [4.78, 5) is 16.7. The zero-order chi connectivity index (χ0) is 24.8. The van der Waals surface area contributed by atoms with Crippen molar-refractivity contribution in [3.05, 3.63) is 46.5 Å². The van der Waals surface area contributed by atoms with Crippen LogP contribution < -0.4 is 9.62 Å². The fraction of sp³-hybridized carbons (Fsp3) is 0.450. The first-order valence-electron chi connectivity index (χ1n) is 9.80. The van der Waals surface area contributed by atoms with Gasteiger partial charge in [0.1, 0.15) is 23.4 Å². The predicted molar refractivity (Wildman–Crippen MR) is 118 cm³/mol. The lowest BCUT2D eigenvalue weighted by molar-refractivity contribution is -0.00793. The first-order chi connectivity index (χ1) is 15.4. The number of aliphatic hydroxyl groups excluding tert-OH is 2. The number of carbonyl (C=O) groups is 1. The van der Waals surface area contributed by atoms with Crippen LogP contribution in [0.25, 0.3) is 0 Å². The molecule has 0 spiro atoms. The highest BCUT2D eigenvalue weighted by Crippen LogP contribution is 2.22. The Morgan fingerprint density at radius 3 is 2.52 bits per heavy atom. The quantitative estimate of drug-likeness (QED) is 0.396. The number of halogens is 2. The summed E-state index contributed by atoms with van der Waals surface area (Å²) in [5, 5.41) is 33.4. The van der Waals surface area contributed by atoms with E-state index in [4.69, 9.17) is 5.26 Å². The lowest BCUT2D eigenvalue weighted by Gasteiger charge is -2.28. The number of hydrogen-bond acceptors (Lipinski definition) is 8. The summed E-state index contributed by atoms with van der Waals surface area (Å²) in [5.74, 6) is -2.45. The average Bonchev–Trinajstić information content (AvgIpc) is 3.21.